The van der Waals surface area contributed by atoms with Crippen LogP contribution >= 0.6 is 0 Å². The van der Waals surface area contributed by atoms with Crippen molar-refractivity contribution in [3.63, 3.8) is 0 Å². The van der Waals surface area contributed by atoms with Crippen molar-refractivity contribution in [1.29, 1.82) is 0 Å². The monoisotopic (exact) mass is 227 g/mol. The summed E-state index contributed by atoms with van der Waals surface area (Å²) in [7, 11) is 0. The SMILES string of the molecule is C1=C2CN(c3nc4ccccc4o3)CC2CN1. The third kappa shape index (κ3) is 1.33. The number of rotatable bonds is 1. The highest BCUT2D eigenvalue weighted by Gasteiger charge is 2.32. The van der Waals surface area contributed by atoms with Gasteiger partial charge in [-0.05, 0) is 23.9 Å². The number of anilines is 1. The zero-order chi connectivity index (χ0) is 11.2. The number of fused-ring (bicyclic) bond motifs is 2. The molecule has 2 aliphatic rings. The van der Waals surface area contributed by atoms with Crippen molar-refractivity contribution in [2.75, 3.05) is 24.5 Å². The van der Waals surface area contributed by atoms with E-state index < -0.39 is 0 Å². The number of oxazole rings is 1. The Morgan fingerprint density at radius 3 is 3.18 bits per heavy atom. The first kappa shape index (κ1) is 9.10. The second kappa shape index (κ2) is 3.26. The molecule has 0 aliphatic carbocycles. The smallest absolute Gasteiger partial charge is 0.298 e. The van der Waals surface area contributed by atoms with Crippen LogP contribution < -0.4 is 10.2 Å². The topological polar surface area (TPSA) is 41.3 Å². The Kier molecular flexibility index (Phi) is 1.75. The van der Waals surface area contributed by atoms with Crippen molar-refractivity contribution in [2.24, 2.45) is 5.92 Å². The summed E-state index contributed by atoms with van der Waals surface area (Å²) in [6.45, 7) is 2.99. The molecule has 3 heterocycles. The number of nitrogens with one attached hydrogen (secondary N) is 1. The molecule has 0 bridgehead atoms. The average Bonchev–Trinajstić information content (AvgIpc) is 3.01. The van der Waals surface area contributed by atoms with Gasteiger partial charge < -0.3 is 14.6 Å². The van der Waals surface area contributed by atoms with Crippen LogP contribution in [-0.4, -0.2) is 24.6 Å². The van der Waals surface area contributed by atoms with E-state index in [-0.39, 0.29) is 0 Å². The molecule has 1 N–H and O–H groups in total. The van der Waals surface area contributed by atoms with Gasteiger partial charge in [0.1, 0.15) is 5.52 Å². The summed E-state index contributed by atoms with van der Waals surface area (Å²) < 4.78 is 5.78. The summed E-state index contributed by atoms with van der Waals surface area (Å²) in [4.78, 5) is 6.75. The van der Waals surface area contributed by atoms with Gasteiger partial charge in [-0.2, -0.15) is 4.98 Å². The highest BCUT2D eigenvalue weighted by molar-refractivity contribution is 5.74. The lowest BCUT2D eigenvalue weighted by atomic mass is 10.1. The van der Waals surface area contributed by atoms with E-state index in [4.69, 9.17) is 4.42 Å². The zero-order valence-corrected chi connectivity index (χ0v) is 9.39. The normalized spacial score (nSPS) is 22.7. The minimum atomic E-state index is 0.630. The second-order valence-electron chi connectivity index (χ2n) is 4.67. The quantitative estimate of drug-likeness (QED) is 0.806. The lowest BCUT2D eigenvalue weighted by Crippen LogP contribution is -2.23. The third-order valence-electron chi connectivity index (χ3n) is 3.54. The van der Waals surface area contributed by atoms with Gasteiger partial charge in [0.15, 0.2) is 5.58 Å². The van der Waals surface area contributed by atoms with Crippen LogP contribution in [0.3, 0.4) is 0 Å². The molecule has 17 heavy (non-hydrogen) atoms. The van der Waals surface area contributed by atoms with Crippen LogP contribution in [0.25, 0.3) is 11.1 Å². The molecule has 86 valence electrons. The Hall–Kier alpha value is -1.97. The van der Waals surface area contributed by atoms with Crippen LogP contribution in [0, 0.1) is 5.92 Å². The molecule has 4 heteroatoms. The first-order valence-electron chi connectivity index (χ1n) is 5.93. The van der Waals surface area contributed by atoms with Crippen molar-refractivity contribution in [3.8, 4) is 0 Å². The standard InChI is InChI=1S/C13H13N3O/c1-2-4-12-11(3-1)15-13(17-12)16-7-9-5-14-6-10(9)8-16/h1-5,10,14H,6-8H2. The van der Waals surface area contributed by atoms with Gasteiger partial charge in [-0.25, -0.2) is 0 Å². The fourth-order valence-corrected chi connectivity index (χ4v) is 2.63. The van der Waals surface area contributed by atoms with E-state index in [0.29, 0.717) is 5.92 Å². The van der Waals surface area contributed by atoms with Crippen LogP contribution in [0.4, 0.5) is 6.01 Å². The molecule has 0 spiro atoms. The Morgan fingerprint density at radius 2 is 2.29 bits per heavy atom. The van der Waals surface area contributed by atoms with Crippen molar-refractivity contribution in [1.82, 2.24) is 10.3 Å². The van der Waals surface area contributed by atoms with E-state index in [9.17, 15) is 0 Å². The van der Waals surface area contributed by atoms with Crippen LogP contribution in [0.15, 0.2) is 40.5 Å². The number of benzene rings is 1. The van der Waals surface area contributed by atoms with E-state index in [1.165, 1.54) is 5.57 Å². The molecular weight excluding hydrogens is 214 g/mol. The molecule has 0 saturated carbocycles. The molecule has 1 aromatic heterocycles. The van der Waals surface area contributed by atoms with E-state index in [1.54, 1.807) is 0 Å². The van der Waals surface area contributed by atoms with Gasteiger partial charge >= 0.3 is 0 Å². The van der Waals surface area contributed by atoms with Gasteiger partial charge in [-0.15, -0.1) is 0 Å². The second-order valence-corrected chi connectivity index (χ2v) is 4.67. The highest BCUT2D eigenvalue weighted by Crippen LogP contribution is 2.30. The third-order valence-corrected chi connectivity index (χ3v) is 3.54. The molecule has 4 rings (SSSR count). The summed E-state index contributed by atoms with van der Waals surface area (Å²) in [6.07, 6.45) is 2.13. The van der Waals surface area contributed by atoms with E-state index in [2.05, 4.69) is 21.4 Å². The van der Waals surface area contributed by atoms with Crippen molar-refractivity contribution >= 4 is 17.1 Å². The van der Waals surface area contributed by atoms with E-state index >= 15 is 0 Å². The molecule has 1 fully saturated rings. The van der Waals surface area contributed by atoms with Crippen molar-refractivity contribution in [2.45, 2.75) is 0 Å². The number of nitrogens with zero attached hydrogens (tertiary/aromatic N) is 2. The lowest BCUT2D eigenvalue weighted by Gasteiger charge is -2.12. The Labute approximate surface area is 98.9 Å². The highest BCUT2D eigenvalue weighted by atomic mass is 16.4. The maximum absolute atomic E-state index is 5.78. The lowest BCUT2D eigenvalue weighted by molar-refractivity contribution is 0.572. The average molecular weight is 227 g/mol. The van der Waals surface area contributed by atoms with Gasteiger partial charge in [0.2, 0.25) is 0 Å². The summed E-state index contributed by atoms with van der Waals surface area (Å²) in [5.41, 5.74) is 3.27. The minimum Gasteiger partial charge on any atom is -0.423 e. The zero-order valence-electron chi connectivity index (χ0n) is 9.39. The van der Waals surface area contributed by atoms with Gasteiger partial charge in [0, 0.05) is 25.6 Å². The summed E-state index contributed by atoms with van der Waals surface area (Å²) in [6, 6.07) is 8.66. The predicted molar refractivity (Wildman–Crippen MR) is 65.8 cm³/mol. The van der Waals surface area contributed by atoms with Crippen LogP contribution in [-0.2, 0) is 0 Å². The summed E-state index contributed by atoms with van der Waals surface area (Å²) in [5, 5.41) is 3.28. The molecule has 1 saturated heterocycles. The molecule has 0 amide bonds. The predicted octanol–water partition coefficient (Wildman–Crippen LogP) is 1.75. The first-order valence-corrected chi connectivity index (χ1v) is 5.93. The van der Waals surface area contributed by atoms with Crippen molar-refractivity contribution in [3.05, 3.63) is 36.0 Å². The molecule has 2 aromatic rings. The minimum absolute atomic E-state index is 0.630. The molecule has 1 unspecified atom stereocenters. The Balaban J connectivity index is 1.71. The largest absolute Gasteiger partial charge is 0.423 e. The van der Waals surface area contributed by atoms with Gasteiger partial charge in [0.05, 0.1) is 0 Å². The maximum Gasteiger partial charge on any atom is 0.298 e. The van der Waals surface area contributed by atoms with Crippen molar-refractivity contribution < 1.29 is 4.42 Å². The van der Waals surface area contributed by atoms with E-state index in [1.807, 2.05) is 24.3 Å². The molecule has 4 nitrogen and oxygen atoms in total. The van der Waals surface area contributed by atoms with Gasteiger partial charge in [0.25, 0.3) is 6.01 Å². The summed E-state index contributed by atoms with van der Waals surface area (Å²) in [5.74, 6) is 0.630. The Morgan fingerprint density at radius 1 is 1.35 bits per heavy atom. The molecule has 1 aromatic carbocycles. The molecule has 1 atom stereocenters. The summed E-state index contributed by atoms with van der Waals surface area (Å²) >= 11 is 0. The number of aromatic nitrogens is 1. The maximum atomic E-state index is 5.78. The molecule has 0 radical (unpaired) electrons. The first-order chi connectivity index (χ1) is 8.40. The molecular formula is C13H13N3O. The van der Waals surface area contributed by atoms with Crippen LogP contribution in [0.1, 0.15) is 0 Å². The van der Waals surface area contributed by atoms with E-state index in [0.717, 1.165) is 36.7 Å². The Bertz CT molecular complexity index is 568. The van der Waals surface area contributed by atoms with Gasteiger partial charge in [-0.3, -0.25) is 0 Å². The number of hydrogen-bond acceptors (Lipinski definition) is 4. The molecule has 2 aliphatic heterocycles. The van der Waals surface area contributed by atoms with Crippen LogP contribution in [0.2, 0.25) is 0 Å². The fourth-order valence-electron chi connectivity index (χ4n) is 2.63. The number of para-hydroxylation sites is 2. The van der Waals surface area contributed by atoms with Crippen LogP contribution in [0.5, 0.6) is 0 Å². The van der Waals surface area contributed by atoms with Gasteiger partial charge in [-0.1, -0.05) is 12.1 Å². The fraction of sp³-hybridized carbons (Fsp3) is 0.308. The number of hydrogen-bond donors (Lipinski definition) is 1.